The zero-order valence-corrected chi connectivity index (χ0v) is 38.6. The summed E-state index contributed by atoms with van der Waals surface area (Å²) in [6, 6.07) is 80.4. The van der Waals surface area contributed by atoms with Crippen molar-refractivity contribution < 1.29 is 0 Å². The second-order valence-corrected chi connectivity index (χ2v) is 17.2. The van der Waals surface area contributed by atoms with Crippen molar-refractivity contribution in [3.05, 3.63) is 279 Å². The van der Waals surface area contributed by atoms with Gasteiger partial charge < -0.3 is 18.9 Å². The fourth-order valence-electron chi connectivity index (χ4n) is 9.83. The van der Waals surface area contributed by atoms with Crippen molar-refractivity contribution in [2.24, 2.45) is 0 Å². The lowest BCUT2D eigenvalue weighted by atomic mass is 10.0. The average Bonchev–Trinajstić information content (AvgIpc) is 3.88. The Morgan fingerprint density at radius 2 is 0.783 bits per heavy atom. The number of hydrogen-bond acceptors (Lipinski definition) is 2. The number of nitrogens with zero attached hydrogens (tertiary/aromatic N) is 4. The van der Waals surface area contributed by atoms with Gasteiger partial charge >= 0.3 is 0 Å². The summed E-state index contributed by atoms with van der Waals surface area (Å²) in [4.78, 5) is 4.68. The van der Waals surface area contributed by atoms with Crippen molar-refractivity contribution in [1.29, 1.82) is 0 Å². The first kappa shape index (κ1) is 42.5. The molecule has 9 aromatic carbocycles. The van der Waals surface area contributed by atoms with Gasteiger partial charge in [-0.25, -0.2) is 0 Å². The Balaban J connectivity index is 0.964. The molecule has 0 aliphatic rings. The smallest absolute Gasteiger partial charge is 0.0542 e. The molecule has 4 nitrogen and oxygen atoms in total. The quantitative estimate of drug-likeness (QED) is 0.107. The van der Waals surface area contributed by atoms with Crippen LogP contribution in [-0.2, 0) is 0 Å². The number of allylic oxidation sites excluding steroid dienone is 3. The van der Waals surface area contributed by atoms with Crippen LogP contribution in [0.25, 0.3) is 67.4 Å². The maximum Gasteiger partial charge on any atom is 0.0542 e. The number of fused-ring (bicyclic) bond motifs is 4. The molecule has 0 N–H and O–H groups in total. The molecule has 0 unspecified atom stereocenters. The van der Waals surface area contributed by atoms with Crippen LogP contribution in [-0.4, -0.2) is 9.13 Å². The van der Waals surface area contributed by atoms with Gasteiger partial charge in [-0.05, 0) is 157 Å². The normalized spacial score (nSPS) is 11.1. The van der Waals surface area contributed by atoms with E-state index in [9.17, 15) is 0 Å². The fraction of sp³-hybridized carbons (Fsp3) is 0.0154. The Morgan fingerprint density at radius 3 is 1.26 bits per heavy atom. The van der Waals surface area contributed by atoms with Crippen LogP contribution in [0.1, 0.15) is 16.8 Å². The topological polar surface area (TPSA) is 16.3 Å². The molecule has 11 aromatic rings. The molecule has 0 saturated carbocycles. The molecule has 11 rings (SSSR count). The Hall–Kier alpha value is -9.12. The summed E-state index contributed by atoms with van der Waals surface area (Å²) in [5.41, 5.74) is 18.8. The van der Waals surface area contributed by atoms with Crippen molar-refractivity contribution in [1.82, 2.24) is 9.13 Å². The Morgan fingerprint density at radius 1 is 0.391 bits per heavy atom. The van der Waals surface area contributed by atoms with E-state index in [4.69, 9.17) is 0 Å². The highest BCUT2D eigenvalue weighted by Gasteiger charge is 2.21. The summed E-state index contributed by atoms with van der Waals surface area (Å²) in [6.45, 7) is 14.4. The van der Waals surface area contributed by atoms with Gasteiger partial charge in [-0.1, -0.05) is 141 Å². The third-order valence-electron chi connectivity index (χ3n) is 13.2. The van der Waals surface area contributed by atoms with Crippen LogP contribution in [0, 0.1) is 6.92 Å². The van der Waals surface area contributed by atoms with Gasteiger partial charge in [-0.3, -0.25) is 0 Å². The highest BCUT2D eigenvalue weighted by Crippen LogP contribution is 2.43. The van der Waals surface area contributed by atoms with Crippen molar-refractivity contribution in [2.75, 3.05) is 9.80 Å². The van der Waals surface area contributed by atoms with Crippen LogP contribution < -0.4 is 9.80 Å². The number of para-hydroxylation sites is 4. The molecule has 0 saturated heterocycles. The predicted molar refractivity (Wildman–Crippen MR) is 296 cm³/mol. The van der Waals surface area contributed by atoms with Gasteiger partial charge in [0.05, 0.1) is 16.6 Å². The zero-order chi connectivity index (χ0) is 46.8. The van der Waals surface area contributed by atoms with Crippen LogP contribution in [0.3, 0.4) is 0 Å². The standard InChI is InChI=1S/C65H50N4/c1-5-47(6-2)42-59-46(4)66(51-20-12-8-13-21-51)63-40-37-57(44-61(59)63)67(52-22-14-9-15-23-52)55-33-29-49(30-34-55)50-31-35-56(36-32-50)68(53-24-16-10-17-25-53)58-38-41-65-62(45-58)60-43-48(7-3)28-39-64(60)69(65)54-26-18-11-19-27-54/h5-45H,1-3H2,4H3. The van der Waals surface area contributed by atoms with E-state index < -0.39 is 0 Å². The molecule has 0 aliphatic carbocycles. The van der Waals surface area contributed by atoms with E-state index in [1.165, 1.54) is 10.8 Å². The maximum atomic E-state index is 4.08. The summed E-state index contributed by atoms with van der Waals surface area (Å²) in [7, 11) is 0. The fourth-order valence-corrected chi connectivity index (χ4v) is 9.83. The van der Waals surface area contributed by atoms with Gasteiger partial charge in [0.15, 0.2) is 0 Å². The highest BCUT2D eigenvalue weighted by atomic mass is 15.1. The summed E-state index contributed by atoms with van der Waals surface area (Å²) in [6.07, 6.45) is 7.83. The third kappa shape index (κ3) is 7.84. The molecule has 0 aliphatic heterocycles. The third-order valence-corrected chi connectivity index (χ3v) is 13.2. The van der Waals surface area contributed by atoms with Crippen molar-refractivity contribution >= 4 is 79.0 Å². The molecule has 0 radical (unpaired) electrons. The zero-order valence-electron chi connectivity index (χ0n) is 38.6. The van der Waals surface area contributed by atoms with Crippen LogP contribution in [0.4, 0.5) is 34.1 Å². The van der Waals surface area contributed by atoms with Crippen molar-refractivity contribution in [3.63, 3.8) is 0 Å². The first-order chi connectivity index (χ1) is 34.0. The number of benzene rings is 9. The molecule has 0 spiro atoms. The molecule has 330 valence electrons. The number of hydrogen-bond donors (Lipinski definition) is 0. The van der Waals surface area contributed by atoms with Gasteiger partial charge in [-0.2, -0.15) is 0 Å². The van der Waals surface area contributed by atoms with Gasteiger partial charge in [-0.15, -0.1) is 0 Å². The largest absolute Gasteiger partial charge is 0.313 e. The SMILES string of the molecule is C=CC(C=C)=Cc1c(C)n(-c2ccccc2)c2ccc(N(c3ccccc3)c3ccc(-c4ccc(N(c5ccccc5)c5ccc6c(c5)c5cc(C=C)ccc5n6-c5ccccc5)cc4)cc3)cc12. The first-order valence-corrected chi connectivity index (χ1v) is 23.4. The predicted octanol–water partition coefficient (Wildman–Crippen LogP) is 18.0. The molecule has 69 heavy (non-hydrogen) atoms. The van der Waals surface area contributed by atoms with Crippen LogP contribution >= 0.6 is 0 Å². The van der Waals surface area contributed by atoms with E-state index in [1.807, 2.05) is 18.2 Å². The van der Waals surface area contributed by atoms with E-state index >= 15 is 0 Å². The van der Waals surface area contributed by atoms with E-state index in [0.29, 0.717) is 0 Å². The Bertz CT molecular complexity index is 3680. The van der Waals surface area contributed by atoms with Gasteiger partial charge in [0.1, 0.15) is 0 Å². The minimum Gasteiger partial charge on any atom is -0.313 e. The lowest BCUT2D eigenvalue weighted by Crippen LogP contribution is -2.10. The molecule has 2 aromatic heterocycles. The summed E-state index contributed by atoms with van der Waals surface area (Å²) < 4.78 is 4.69. The molecule has 0 bridgehead atoms. The van der Waals surface area contributed by atoms with Gasteiger partial charge in [0.2, 0.25) is 0 Å². The first-order valence-electron chi connectivity index (χ1n) is 23.4. The monoisotopic (exact) mass is 886 g/mol. The maximum absolute atomic E-state index is 4.08. The van der Waals surface area contributed by atoms with E-state index in [-0.39, 0.29) is 0 Å². The molecule has 2 heterocycles. The molecular formula is C65H50N4. The van der Waals surface area contributed by atoms with Crippen LogP contribution in [0.15, 0.2) is 262 Å². The minimum atomic E-state index is 0.972. The number of aromatic nitrogens is 2. The second-order valence-electron chi connectivity index (χ2n) is 17.2. The number of rotatable bonds is 13. The van der Waals surface area contributed by atoms with Gasteiger partial charge in [0.25, 0.3) is 0 Å². The lowest BCUT2D eigenvalue weighted by Gasteiger charge is -2.26. The summed E-state index contributed by atoms with van der Waals surface area (Å²) in [5.74, 6) is 0. The lowest BCUT2D eigenvalue weighted by molar-refractivity contribution is 1.05. The minimum absolute atomic E-state index is 0.972. The summed E-state index contributed by atoms with van der Waals surface area (Å²) in [5, 5.41) is 3.53. The van der Waals surface area contributed by atoms with E-state index in [1.54, 1.807) is 0 Å². The molecule has 0 atom stereocenters. The molecule has 0 amide bonds. The summed E-state index contributed by atoms with van der Waals surface area (Å²) >= 11 is 0. The number of anilines is 6. The molecule has 4 heteroatoms. The van der Waals surface area contributed by atoms with E-state index in [0.717, 1.165) is 101 Å². The highest BCUT2D eigenvalue weighted by molar-refractivity contribution is 6.11. The van der Waals surface area contributed by atoms with E-state index in [2.05, 4.69) is 276 Å². The van der Waals surface area contributed by atoms with Crippen molar-refractivity contribution in [3.8, 4) is 22.5 Å². The Kier molecular flexibility index (Phi) is 11.3. The van der Waals surface area contributed by atoms with Crippen molar-refractivity contribution in [2.45, 2.75) is 6.92 Å². The molecular weight excluding hydrogens is 837 g/mol. The van der Waals surface area contributed by atoms with Crippen LogP contribution in [0.2, 0.25) is 0 Å². The Labute approximate surface area is 404 Å². The molecule has 0 fully saturated rings. The van der Waals surface area contributed by atoms with Crippen LogP contribution in [0.5, 0.6) is 0 Å². The second kappa shape index (κ2) is 18.3. The average molecular weight is 887 g/mol. The van der Waals surface area contributed by atoms with Gasteiger partial charge in [0, 0.05) is 72.9 Å².